The first-order valence-corrected chi connectivity index (χ1v) is 8.44. The number of aromatic nitrogens is 2. The molecular weight excluding hydrogens is 361 g/mol. The molecule has 1 aromatic heterocycles. The van der Waals surface area contributed by atoms with Crippen LogP contribution >= 0.6 is 0 Å². The van der Waals surface area contributed by atoms with Crippen LogP contribution in [0.25, 0.3) is 0 Å². The molecule has 1 aliphatic heterocycles. The lowest BCUT2D eigenvalue weighted by Gasteiger charge is -2.25. The zero-order chi connectivity index (χ0) is 19.6. The maximum atomic E-state index is 13.5. The molecule has 2 heterocycles. The third kappa shape index (κ3) is 4.12. The van der Waals surface area contributed by atoms with Gasteiger partial charge in [0.05, 0.1) is 6.04 Å². The van der Waals surface area contributed by atoms with Crippen LogP contribution in [0.1, 0.15) is 25.5 Å². The molecular formula is C18H19F3N4O2. The number of hydrogen-bond donors (Lipinski definition) is 1. The molecule has 0 bridgehead atoms. The fraction of sp³-hybridized carbons (Fsp3) is 0.389. The Morgan fingerprint density at radius 3 is 2.56 bits per heavy atom. The number of ether oxygens (including phenoxy) is 1. The number of carbonyl (C=O) groups excluding carboxylic acids is 1. The molecule has 0 spiro atoms. The van der Waals surface area contributed by atoms with Gasteiger partial charge in [0, 0.05) is 6.20 Å². The number of cyclic esters (lactones) is 1. The summed E-state index contributed by atoms with van der Waals surface area (Å²) in [6, 6.07) is 6.70. The van der Waals surface area contributed by atoms with Gasteiger partial charge in [-0.15, -0.1) is 0 Å². The van der Waals surface area contributed by atoms with Gasteiger partial charge in [-0.25, -0.2) is 9.78 Å². The molecule has 6 nitrogen and oxygen atoms in total. The summed E-state index contributed by atoms with van der Waals surface area (Å²) < 4.78 is 45.6. The number of halogens is 3. The second kappa shape index (κ2) is 7.42. The zero-order valence-electron chi connectivity index (χ0n) is 14.8. The molecule has 1 saturated heterocycles. The van der Waals surface area contributed by atoms with Gasteiger partial charge in [0.25, 0.3) is 0 Å². The molecule has 144 valence electrons. The predicted octanol–water partition coefficient (Wildman–Crippen LogP) is 4.17. The van der Waals surface area contributed by atoms with Gasteiger partial charge in [0.15, 0.2) is 6.04 Å². The van der Waals surface area contributed by atoms with Crippen LogP contribution < -0.4 is 10.2 Å². The highest BCUT2D eigenvalue weighted by atomic mass is 19.4. The molecule has 1 unspecified atom stereocenters. The SMILES string of the molecule is CC(C)C1COC(=O)N1c1ccnc(N[C@H](c2ccccc2)C(F)(F)F)n1. The van der Waals surface area contributed by atoms with E-state index >= 15 is 0 Å². The molecule has 9 heteroatoms. The van der Waals surface area contributed by atoms with E-state index in [2.05, 4.69) is 15.3 Å². The fourth-order valence-electron chi connectivity index (χ4n) is 2.87. The highest BCUT2D eigenvalue weighted by Gasteiger charge is 2.42. The summed E-state index contributed by atoms with van der Waals surface area (Å²) in [5.41, 5.74) is 0.0413. The number of amides is 1. The summed E-state index contributed by atoms with van der Waals surface area (Å²) in [4.78, 5) is 21.4. The molecule has 0 radical (unpaired) electrons. The first-order valence-electron chi connectivity index (χ1n) is 8.44. The van der Waals surface area contributed by atoms with Crippen molar-refractivity contribution in [2.24, 2.45) is 5.92 Å². The highest BCUT2D eigenvalue weighted by molar-refractivity contribution is 5.89. The summed E-state index contributed by atoms with van der Waals surface area (Å²) in [7, 11) is 0. The Labute approximate surface area is 154 Å². The molecule has 2 aromatic rings. The van der Waals surface area contributed by atoms with Crippen LogP contribution in [0.15, 0.2) is 42.6 Å². The number of anilines is 2. The number of benzene rings is 1. The highest BCUT2D eigenvalue weighted by Crippen LogP contribution is 2.35. The van der Waals surface area contributed by atoms with Crippen LogP contribution in [0.2, 0.25) is 0 Å². The Hall–Kier alpha value is -2.84. The molecule has 27 heavy (non-hydrogen) atoms. The Morgan fingerprint density at radius 1 is 1.22 bits per heavy atom. The van der Waals surface area contributed by atoms with Crippen LogP contribution in [0.3, 0.4) is 0 Å². The molecule has 3 rings (SSSR count). The summed E-state index contributed by atoms with van der Waals surface area (Å²) in [5, 5.41) is 2.33. The van der Waals surface area contributed by atoms with E-state index < -0.39 is 18.3 Å². The van der Waals surface area contributed by atoms with Crippen molar-refractivity contribution in [1.29, 1.82) is 0 Å². The first-order chi connectivity index (χ1) is 12.8. The van der Waals surface area contributed by atoms with Crippen molar-refractivity contribution in [3.05, 3.63) is 48.2 Å². The van der Waals surface area contributed by atoms with Crippen molar-refractivity contribution in [3.63, 3.8) is 0 Å². The molecule has 1 fully saturated rings. The minimum Gasteiger partial charge on any atom is -0.447 e. The molecule has 0 saturated carbocycles. The number of alkyl halides is 3. The van der Waals surface area contributed by atoms with Crippen molar-refractivity contribution < 1.29 is 22.7 Å². The van der Waals surface area contributed by atoms with Gasteiger partial charge in [-0.05, 0) is 17.5 Å². The van der Waals surface area contributed by atoms with E-state index in [1.54, 1.807) is 6.07 Å². The average Bonchev–Trinajstić information content (AvgIpc) is 3.01. The maximum Gasteiger partial charge on any atom is 0.415 e. The Bertz CT molecular complexity index is 799. The van der Waals surface area contributed by atoms with Gasteiger partial charge in [-0.2, -0.15) is 18.2 Å². The van der Waals surface area contributed by atoms with Gasteiger partial charge < -0.3 is 10.1 Å². The molecule has 1 aromatic carbocycles. The molecule has 2 atom stereocenters. The molecule has 1 N–H and O–H groups in total. The van der Waals surface area contributed by atoms with E-state index in [9.17, 15) is 18.0 Å². The second-order valence-electron chi connectivity index (χ2n) is 6.53. The number of rotatable bonds is 5. The van der Waals surface area contributed by atoms with Gasteiger partial charge in [-0.1, -0.05) is 44.2 Å². The normalized spacial score (nSPS) is 18.5. The fourth-order valence-corrected chi connectivity index (χ4v) is 2.87. The van der Waals surface area contributed by atoms with E-state index in [-0.39, 0.29) is 35.9 Å². The number of carbonyl (C=O) groups is 1. The van der Waals surface area contributed by atoms with Crippen LogP contribution in [0.5, 0.6) is 0 Å². The van der Waals surface area contributed by atoms with Crippen molar-refractivity contribution in [2.45, 2.75) is 32.1 Å². The van der Waals surface area contributed by atoms with Crippen LogP contribution in [0.4, 0.5) is 29.7 Å². The Morgan fingerprint density at radius 2 is 1.93 bits per heavy atom. The van der Waals surface area contributed by atoms with Gasteiger partial charge in [-0.3, -0.25) is 4.90 Å². The van der Waals surface area contributed by atoms with Crippen LogP contribution in [0, 0.1) is 5.92 Å². The van der Waals surface area contributed by atoms with Gasteiger partial charge in [0.2, 0.25) is 5.95 Å². The summed E-state index contributed by atoms with van der Waals surface area (Å²) in [6.07, 6.45) is -3.81. The minimum atomic E-state index is -4.55. The third-order valence-corrected chi connectivity index (χ3v) is 4.30. The zero-order valence-corrected chi connectivity index (χ0v) is 14.8. The van der Waals surface area contributed by atoms with E-state index in [0.29, 0.717) is 0 Å². The average molecular weight is 380 g/mol. The predicted molar refractivity (Wildman–Crippen MR) is 93.3 cm³/mol. The number of nitrogens with zero attached hydrogens (tertiary/aromatic N) is 3. The molecule has 1 amide bonds. The Balaban J connectivity index is 1.90. The maximum absolute atomic E-state index is 13.5. The van der Waals surface area contributed by atoms with E-state index in [1.165, 1.54) is 41.4 Å². The lowest BCUT2D eigenvalue weighted by atomic mass is 10.0. The third-order valence-electron chi connectivity index (χ3n) is 4.30. The van der Waals surface area contributed by atoms with Crippen LogP contribution in [-0.2, 0) is 4.74 Å². The van der Waals surface area contributed by atoms with E-state index in [1.807, 2.05) is 13.8 Å². The lowest BCUT2D eigenvalue weighted by Crippen LogP contribution is -2.38. The summed E-state index contributed by atoms with van der Waals surface area (Å²) in [5.74, 6) is 0.0682. The summed E-state index contributed by atoms with van der Waals surface area (Å²) >= 11 is 0. The van der Waals surface area contributed by atoms with Crippen molar-refractivity contribution in [2.75, 3.05) is 16.8 Å². The van der Waals surface area contributed by atoms with E-state index in [0.717, 1.165) is 0 Å². The largest absolute Gasteiger partial charge is 0.447 e. The second-order valence-corrected chi connectivity index (χ2v) is 6.53. The van der Waals surface area contributed by atoms with Gasteiger partial charge in [0.1, 0.15) is 12.4 Å². The quantitative estimate of drug-likeness (QED) is 0.843. The van der Waals surface area contributed by atoms with Crippen molar-refractivity contribution >= 4 is 17.9 Å². The van der Waals surface area contributed by atoms with Crippen molar-refractivity contribution in [1.82, 2.24) is 9.97 Å². The molecule has 0 aliphatic carbocycles. The first kappa shape index (κ1) is 18.9. The van der Waals surface area contributed by atoms with Gasteiger partial charge >= 0.3 is 12.3 Å². The monoisotopic (exact) mass is 380 g/mol. The molecule has 1 aliphatic rings. The number of nitrogens with one attached hydrogen (secondary N) is 1. The minimum absolute atomic E-state index is 0.0413. The van der Waals surface area contributed by atoms with Crippen LogP contribution in [-0.4, -0.2) is 34.9 Å². The van der Waals surface area contributed by atoms with Crippen molar-refractivity contribution in [3.8, 4) is 0 Å². The smallest absolute Gasteiger partial charge is 0.415 e. The van der Waals surface area contributed by atoms with E-state index in [4.69, 9.17) is 4.74 Å². The Kier molecular flexibility index (Phi) is 5.20. The summed E-state index contributed by atoms with van der Waals surface area (Å²) in [6.45, 7) is 4.06. The topological polar surface area (TPSA) is 67.3 Å². The standard InChI is InChI=1S/C18H19F3N4O2/c1-11(2)13-10-27-17(26)25(13)14-8-9-22-16(23-14)24-15(18(19,20)21)12-6-4-3-5-7-12/h3-9,11,13,15H,10H2,1-2H3,(H,22,23,24)/t13?,15-/m1/s1. The number of hydrogen-bond acceptors (Lipinski definition) is 5. The lowest BCUT2D eigenvalue weighted by molar-refractivity contribution is -0.144.